The number of Topliss-reactive ketones (excluding diaryl/α,β-unsaturated/α-hetero) is 1. The van der Waals surface area contributed by atoms with Crippen molar-refractivity contribution in [2.45, 2.75) is 45.7 Å². The number of carboxylic acids is 1. The van der Waals surface area contributed by atoms with Crippen LogP contribution in [0.5, 0.6) is 0 Å². The lowest BCUT2D eigenvalue weighted by Gasteiger charge is -2.39. The lowest BCUT2D eigenvalue weighted by Crippen LogP contribution is -2.53. The molecule has 220 valence electrons. The molecule has 2 saturated heterocycles. The molecule has 0 spiro atoms. The van der Waals surface area contributed by atoms with E-state index in [-0.39, 0.29) is 47.4 Å². The van der Waals surface area contributed by atoms with Crippen molar-refractivity contribution in [2.24, 2.45) is 11.3 Å². The smallest absolute Gasteiger partial charge is 0.336 e. The summed E-state index contributed by atoms with van der Waals surface area (Å²) in [5.74, 6) is -1.88. The van der Waals surface area contributed by atoms with Gasteiger partial charge in [-0.2, -0.15) is 0 Å². The lowest BCUT2D eigenvalue weighted by molar-refractivity contribution is -0.141. The van der Waals surface area contributed by atoms with Crippen LogP contribution in [-0.4, -0.2) is 73.6 Å². The lowest BCUT2D eigenvalue weighted by atomic mass is 9.76. The Morgan fingerprint density at radius 3 is 2.30 bits per heavy atom. The van der Waals surface area contributed by atoms with Crippen LogP contribution in [0.1, 0.15) is 64.9 Å². The first-order valence-corrected chi connectivity index (χ1v) is 14.5. The fraction of sp³-hybridized carbons (Fsp3) is 0.324. The molecule has 6 rings (SSSR count). The molecule has 2 aliphatic heterocycles. The number of piperazine rings is 1. The first-order chi connectivity index (χ1) is 20.5. The fourth-order valence-electron chi connectivity index (χ4n) is 6.42. The molecule has 9 heteroatoms. The molecule has 0 saturated carbocycles. The standard InChI is InChI=1S/C34H34N4O5/c1-34(2,3)26(16-30(39)29-14-20-8-4-7-11-27(20)36-29)31(40)37-18-23-15-22(37)19-38(23)32(41)28-13-12-21(17-35-28)24-9-5-6-10-25(24)33(42)43/h4-14,17,22-23,26,36H,15-16,18-19H2,1-3H3,(H,42,43)/t22-,23-,26+/m0/s1. The minimum absolute atomic E-state index is 0.0452. The molecule has 0 aliphatic carbocycles. The molecule has 43 heavy (non-hydrogen) atoms. The highest BCUT2D eigenvalue weighted by Crippen LogP contribution is 2.38. The van der Waals surface area contributed by atoms with Gasteiger partial charge < -0.3 is 19.9 Å². The maximum atomic E-state index is 13.9. The van der Waals surface area contributed by atoms with Crippen molar-refractivity contribution in [3.05, 3.63) is 89.9 Å². The number of likely N-dealkylation sites (tertiary alicyclic amines) is 2. The van der Waals surface area contributed by atoms with Gasteiger partial charge in [-0.15, -0.1) is 0 Å². The Kier molecular flexibility index (Phi) is 7.12. The van der Waals surface area contributed by atoms with Gasteiger partial charge in [-0.25, -0.2) is 4.79 Å². The van der Waals surface area contributed by atoms with Crippen LogP contribution in [-0.2, 0) is 4.79 Å². The van der Waals surface area contributed by atoms with Gasteiger partial charge >= 0.3 is 5.97 Å². The molecule has 2 fully saturated rings. The fourth-order valence-corrected chi connectivity index (χ4v) is 6.42. The maximum absolute atomic E-state index is 13.9. The van der Waals surface area contributed by atoms with Crippen molar-refractivity contribution in [1.29, 1.82) is 0 Å². The highest BCUT2D eigenvalue weighted by molar-refractivity contribution is 6.01. The predicted octanol–water partition coefficient (Wildman–Crippen LogP) is 5.29. The molecular formula is C34H34N4O5. The average molecular weight is 579 g/mol. The zero-order valence-corrected chi connectivity index (χ0v) is 24.4. The Bertz CT molecular complexity index is 1700. The molecule has 0 radical (unpaired) electrons. The number of fused-ring (bicyclic) bond motifs is 3. The van der Waals surface area contributed by atoms with Gasteiger partial charge in [0.25, 0.3) is 5.91 Å². The first-order valence-electron chi connectivity index (χ1n) is 14.5. The van der Waals surface area contributed by atoms with Gasteiger partial charge in [0.1, 0.15) is 5.69 Å². The minimum Gasteiger partial charge on any atom is -0.478 e. The van der Waals surface area contributed by atoms with E-state index in [2.05, 4.69) is 9.97 Å². The van der Waals surface area contributed by atoms with Gasteiger partial charge in [0.05, 0.1) is 29.3 Å². The minimum atomic E-state index is -1.03. The Labute approximate surface area is 249 Å². The number of carbonyl (C=O) groups excluding carboxylic acids is 3. The largest absolute Gasteiger partial charge is 0.478 e. The molecule has 2 aromatic heterocycles. The number of para-hydroxylation sites is 1. The van der Waals surface area contributed by atoms with E-state index in [1.54, 1.807) is 35.2 Å². The van der Waals surface area contributed by atoms with Gasteiger partial charge in [0, 0.05) is 42.2 Å². The summed E-state index contributed by atoms with van der Waals surface area (Å²) in [6.07, 6.45) is 2.32. The van der Waals surface area contributed by atoms with Crippen LogP contribution in [0.15, 0.2) is 72.9 Å². The van der Waals surface area contributed by atoms with Crippen LogP contribution in [0.4, 0.5) is 0 Å². The van der Waals surface area contributed by atoms with E-state index in [0.29, 0.717) is 36.3 Å². The summed E-state index contributed by atoms with van der Waals surface area (Å²) in [6.45, 7) is 6.80. The molecule has 9 nitrogen and oxygen atoms in total. The number of aromatic amines is 1. The zero-order valence-electron chi connectivity index (χ0n) is 24.4. The number of H-pyrrole nitrogens is 1. The van der Waals surface area contributed by atoms with Gasteiger partial charge in [-0.05, 0) is 41.7 Å². The van der Waals surface area contributed by atoms with Crippen LogP contribution in [0.25, 0.3) is 22.0 Å². The highest BCUT2D eigenvalue weighted by atomic mass is 16.4. The summed E-state index contributed by atoms with van der Waals surface area (Å²) in [6, 6.07) is 19.3. The van der Waals surface area contributed by atoms with E-state index in [9.17, 15) is 24.3 Å². The first kappa shape index (κ1) is 28.3. The summed E-state index contributed by atoms with van der Waals surface area (Å²) < 4.78 is 0. The molecule has 2 bridgehead atoms. The van der Waals surface area contributed by atoms with Gasteiger partial charge in [0.15, 0.2) is 5.78 Å². The van der Waals surface area contributed by atoms with Crippen molar-refractivity contribution in [1.82, 2.24) is 19.8 Å². The van der Waals surface area contributed by atoms with Crippen LogP contribution in [0.3, 0.4) is 0 Å². The quantitative estimate of drug-likeness (QED) is 0.287. The number of nitrogens with zero attached hydrogens (tertiary/aromatic N) is 3. The third kappa shape index (κ3) is 5.31. The summed E-state index contributed by atoms with van der Waals surface area (Å²) in [5.41, 5.74) is 2.56. The van der Waals surface area contributed by atoms with Crippen LogP contribution >= 0.6 is 0 Å². The molecule has 4 heterocycles. The monoisotopic (exact) mass is 578 g/mol. The van der Waals surface area contributed by atoms with Gasteiger partial charge in [-0.1, -0.05) is 63.2 Å². The molecule has 0 unspecified atom stereocenters. The Hall–Kier alpha value is -4.79. The number of amides is 2. The summed E-state index contributed by atoms with van der Waals surface area (Å²) in [5, 5.41) is 10.5. The number of carbonyl (C=O) groups is 4. The van der Waals surface area contributed by atoms with Crippen molar-refractivity contribution >= 4 is 34.5 Å². The maximum Gasteiger partial charge on any atom is 0.336 e. The second-order valence-electron chi connectivity index (χ2n) is 12.6. The normalized spacial score (nSPS) is 18.7. The van der Waals surface area contributed by atoms with Crippen molar-refractivity contribution in [3.8, 4) is 11.1 Å². The molecule has 2 N–H and O–H groups in total. The van der Waals surface area contributed by atoms with E-state index in [0.717, 1.165) is 10.9 Å². The van der Waals surface area contributed by atoms with E-state index in [4.69, 9.17) is 0 Å². The third-order valence-electron chi connectivity index (χ3n) is 8.80. The summed E-state index contributed by atoms with van der Waals surface area (Å²) in [4.78, 5) is 63.5. The summed E-state index contributed by atoms with van der Waals surface area (Å²) >= 11 is 0. The Morgan fingerprint density at radius 2 is 1.65 bits per heavy atom. The van der Waals surface area contributed by atoms with Crippen LogP contribution in [0.2, 0.25) is 0 Å². The topological polar surface area (TPSA) is 124 Å². The second-order valence-corrected chi connectivity index (χ2v) is 12.6. The van der Waals surface area contributed by atoms with E-state index in [1.807, 2.05) is 56.0 Å². The number of nitrogens with one attached hydrogen (secondary N) is 1. The van der Waals surface area contributed by atoms with Crippen molar-refractivity contribution in [2.75, 3.05) is 13.1 Å². The highest BCUT2D eigenvalue weighted by Gasteiger charge is 2.50. The number of pyridine rings is 1. The molecule has 2 amide bonds. The van der Waals surface area contributed by atoms with E-state index >= 15 is 0 Å². The molecule has 2 aliphatic rings. The second kappa shape index (κ2) is 10.8. The van der Waals surface area contributed by atoms with Crippen LogP contribution < -0.4 is 0 Å². The Morgan fingerprint density at radius 1 is 0.953 bits per heavy atom. The number of hydrogen-bond donors (Lipinski definition) is 2. The average Bonchev–Trinajstić information content (AvgIpc) is 3.73. The molecule has 4 aromatic rings. The molecule has 2 aromatic carbocycles. The predicted molar refractivity (Wildman–Crippen MR) is 162 cm³/mol. The number of carboxylic acid groups (broad SMARTS) is 1. The van der Waals surface area contributed by atoms with Crippen LogP contribution in [0, 0.1) is 11.3 Å². The zero-order chi connectivity index (χ0) is 30.5. The number of hydrogen-bond acceptors (Lipinski definition) is 5. The van der Waals surface area contributed by atoms with Crippen molar-refractivity contribution in [3.63, 3.8) is 0 Å². The third-order valence-corrected chi connectivity index (χ3v) is 8.80. The summed E-state index contributed by atoms with van der Waals surface area (Å²) in [7, 11) is 0. The number of rotatable bonds is 7. The van der Waals surface area contributed by atoms with E-state index in [1.165, 1.54) is 12.3 Å². The van der Waals surface area contributed by atoms with Gasteiger partial charge in [0.2, 0.25) is 5.91 Å². The SMILES string of the molecule is CC(C)(C)[C@H](CC(=O)c1cc2ccccc2[nH]1)C(=O)N1C[C@@H]2C[C@H]1CN2C(=O)c1ccc(-c2ccccc2C(=O)O)cn1. The van der Waals surface area contributed by atoms with E-state index < -0.39 is 17.3 Å². The Balaban J connectivity index is 1.13. The number of benzene rings is 2. The number of aromatic nitrogens is 2. The van der Waals surface area contributed by atoms with Crippen molar-refractivity contribution < 1.29 is 24.3 Å². The van der Waals surface area contributed by atoms with Gasteiger partial charge in [-0.3, -0.25) is 19.4 Å². The number of aromatic carboxylic acids is 1. The molecular weight excluding hydrogens is 544 g/mol. The number of ketones is 1. The molecule has 3 atom stereocenters.